The molecule has 2 aromatic heterocycles. The second kappa shape index (κ2) is 10.8. The zero-order valence-corrected chi connectivity index (χ0v) is 27.6. The first-order valence-electron chi connectivity index (χ1n) is 17.4. The maximum absolute atomic E-state index is 5.31. The van der Waals surface area contributed by atoms with E-state index in [2.05, 4.69) is 178 Å². The lowest BCUT2D eigenvalue weighted by Crippen LogP contribution is -2.43. The first-order chi connectivity index (χ1) is 25.3. The molecule has 51 heavy (non-hydrogen) atoms. The molecule has 0 bridgehead atoms. The van der Waals surface area contributed by atoms with Gasteiger partial charge >= 0.3 is 5.95 Å². The van der Waals surface area contributed by atoms with Crippen LogP contribution < -0.4 is 9.48 Å². The Kier molecular flexibility index (Phi) is 5.95. The van der Waals surface area contributed by atoms with E-state index in [4.69, 9.17) is 9.97 Å². The highest BCUT2D eigenvalue weighted by atomic mass is 15.3. The van der Waals surface area contributed by atoms with Crippen molar-refractivity contribution in [1.29, 1.82) is 0 Å². The molecule has 1 aliphatic carbocycles. The summed E-state index contributed by atoms with van der Waals surface area (Å²) in [5, 5.41) is 2.51. The molecule has 0 N–H and O–H groups in total. The van der Waals surface area contributed by atoms with Crippen LogP contribution in [-0.2, 0) is 0 Å². The Morgan fingerprint density at radius 3 is 1.98 bits per heavy atom. The fraction of sp³-hybridized carbons (Fsp3) is 0.0217. The number of benzene rings is 6. The summed E-state index contributed by atoms with van der Waals surface area (Å²) in [5.41, 5.74) is 14.5. The van der Waals surface area contributed by atoms with Gasteiger partial charge in [0, 0.05) is 39.2 Å². The number of hydrogen-bond donors (Lipinski definition) is 0. The second-order valence-electron chi connectivity index (χ2n) is 13.2. The zero-order valence-electron chi connectivity index (χ0n) is 27.6. The summed E-state index contributed by atoms with van der Waals surface area (Å²) >= 11 is 0. The molecule has 11 rings (SSSR count). The van der Waals surface area contributed by atoms with Gasteiger partial charge in [-0.2, -0.15) is 4.58 Å². The van der Waals surface area contributed by atoms with Crippen molar-refractivity contribution in [2.24, 2.45) is 0 Å². The van der Waals surface area contributed by atoms with Gasteiger partial charge in [-0.1, -0.05) is 137 Å². The third-order valence-corrected chi connectivity index (χ3v) is 10.4. The summed E-state index contributed by atoms with van der Waals surface area (Å²) in [4.78, 5) is 13.2. The first-order valence-corrected chi connectivity index (χ1v) is 17.4. The van der Waals surface area contributed by atoms with E-state index in [0.29, 0.717) is 5.95 Å². The van der Waals surface area contributed by atoms with Crippen molar-refractivity contribution in [3.05, 3.63) is 182 Å². The van der Waals surface area contributed by atoms with Crippen molar-refractivity contribution in [1.82, 2.24) is 19.1 Å². The van der Waals surface area contributed by atoms with Gasteiger partial charge in [0.15, 0.2) is 11.4 Å². The van der Waals surface area contributed by atoms with Gasteiger partial charge in [-0.15, -0.1) is 0 Å². The molecule has 0 fully saturated rings. The fourth-order valence-electron chi connectivity index (χ4n) is 8.33. The largest absolute Gasteiger partial charge is 0.439 e. The van der Waals surface area contributed by atoms with E-state index in [-0.39, 0.29) is 6.04 Å². The van der Waals surface area contributed by atoms with E-state index in [9.17, 15) is 0 Å². The van der Waals surface area contributed by atoms with Crippen LogP contribution in [0.3, 0.4) is 0 Å². The number of nitrogens with zero attached hydrogens (tertiary/aromatic N) is 5. The minimum absolute atomic E-state index is 0.0477. The topological polar surface area (TPSA) is 37.0 Å². The van der Waals surface area contributed by atoms with Crippen LogP contribution >= 0.6 is 0 Å². The number of hydrogen-bond acceptors (Lipinski definition) is 3. The molecule has 5 nitrogen and oxygen atoms in total. The van der Waals surface area contributed by atoms with Crippen molar-refractivity contribution in [3.8, 4) is 28.2 Å². The molecule has 5 heteroatoms. The van der Waals surface area contributed by atoms with Crippen LogP contribution in [-0.4, -0.2) is 26.3 Å². The minimum Gasteiger partial charge on any atom is -0.323 e. The van der Waals surface area contributed by atoms with Crippen molar-refractivity contribution < 1.29 is 0 Å². The van der Waals surface area contributed by atoms with Crippen molar-refractivity contribution in [2.75, 3.05) is 4.90 Å². The van der Waals surface area contributed by atoms with Gasteiger partial charge in [0.2, 0.25) is 0 Å². The Hall–Kier alpha value is -6.85. The predicted molar refractivity (Wildman–Crippen MR) is 210 cm³/mol. The average Bonchev–Trinajstić information content (AvgIpc) is 3.73. The molecule has 3 aliphatic rings. The van der Waals surface area contributed by atoms with E-state index in [1.54, 1.807) is 0 Å². The second-order valence-corrected chi connectivity index (χ2v) is 13.2. The Bertz CT molecular complexity index is 2740. The molecule has 0 spiro atoms. The lowest BCUT2D eigenvalue weighted by atomic mass is 9.92. The van der Waals surface area contributed by atoms with Gasteiger partial charge in [0.25, 0.3) is 0 Å². The van der Waals surface area contributed by atoms with Crippen LogP contribution in [0.2, 0.25) is 0 Å². The number of anilines is 2. The third-order valence-electron chi connectivity index (χ3n) is 10.4. The molecule has 0 saturated heterocycles. The van der Waals surface area contributed by atoms with E-state index < -0.39 is 0 Å². The van der Waals surface area contributed by atoms with Gasteiger partial charge in [-0.05, 0) is 48.0 Å². The zero-order chi connectivity index (χ0) is 33.5. The molecule has 8 aromatic rings. The molecular formula is C46H30N5+. The quantitative estimate of drug-likeness (QED) is 0.178. The summed E-state index contributed by atoms with van der Waals surface area (Å²) in [6.45, 7) is 0. The highest BCUT2D eigenvalue weighted by molar-refractivity contribution is 6.27. The molecule has 0 amide bonds. The Morgan fingerprint density at radius 2 is 1.24 bits per heavy atom. The molecule has 1 unspecified atom stereocenters. The van der Waals surface area contributed by atoms with Gasteiger partial charge < -0.3 is 9.47 Å². The SMILES string of the molecule is C1=CC2=[N+](c3nc(-c4ccccc4)cc(-c4ccccc4)n3)c3ccccc3N3c4c(ccc5c4c4ccccc4n5-c4ccccc4)C(=C1)C23. The van der Waals surface area contributed by atoms with Gasteiger partial charge in [-0.3, -0.25) is 0 Å². The van der Waals surface area contributed by atoms with Gasteiger partial charge in [-0.25, -0.2) is 0 Å². The highest BCUT2D eigenvalue weighted by Gasteiger charge is 2.47. The van der Waals surface area contributed by atoms with Gasteiger partial charge in [0.05, 0.1) is 22.4 Å². The van der Waals surface area contributed by atoms with Crippen molar-refractivity contribution in [3.63, 3.8) is 0 Å². The maximum Gasteiger partial charge on any atom is 0.439 e. The normalized spacial score (nSPS) is 15.6. The van der Waals surface area contributed by atoms with Gasteiger partial charge in [0.1, 0.15) is 17.4 Å². The summed E-state index contributed by atoms with van der Waals surface area (Å²) in [5.74, 6) is 0.657. The van der Waals surface area contributed by atoms with Crippen LogP contribution in [0.25, 0.3) is 55.6 Å². The van der Waals surface area contributed by atoms with Crippen LogP contribution in [0.5, 0.6) is 0 Å². The van der Waals surface area contributed by atoms with Crippen LogP contribution in [0.4, 0.5) is 23.0 Å². The molecule has 238 valence electrons. The number of fused-ring (bicyclic) bond motifs is 9. The average molecular weight is 653 g/mol. The number of para-hydroxylation sites is 4. The molecule has 0 saturated carbocycles. The Labute approximate surface area is 295 Å². The first kappa shape index (κ1) is 28.0. The standard InChI is InChI=1S/C46H30N5/c1-4-15-30(16-5-1)36-29-37(31-17-6-2-7-18-31)48-46(47-36)50-39-24-12-13-25-40(39)51-44-33(22-14-26-42(44)50)34-27-28-41-43(45(34)51)35-21-10-11-23-38(35)49(41)32-19-8-3-9-20-32/h1-29,44H/q+1. The lowest BCUT2D eigenvalue weighted by molar-refractivity contribution is 0.885. The summed E-state index contributed by atoms with van der Waals surface area (Å²) in [6, 6.07) is 55.7. The number of aromatic nitrogens is 3. The molecule has 4 heterocycles. The molecule has 0 radical (unpaired) electrons. The van der Waals surface area contributed by atoms with Crippen LogP contribution in [0.1, 0.15) is 5.56 Å². The van der Waals surface area contributed by atoms with Crippen LogP contribution in [0.15, 0.2) is 176 Å². The van der Waals surface area contributed by atoms with Crippen molar-refractivity contribution in [2.45, 2.75) is 6.04 Å². The number of allylic oxidation sites excluding steroid dienone is 2. The van der Waals surface area contributed by atoms with Crippen LogP contribution in [0, 0.1) is 0 Å². The Balaban J connectivity index is 1.20. The summed E-state index contributed by atoms with van der Waals surface area (Å²) < 4.78 is 4.69. The fourth-order valence-corrected chi connectivity index (χ4v) is 8.33. The maximum atomic E-state index is 5.31. The lowest BCUT2D eigenvalue weighted by Gasteiger charge is -2.35. The molecular weight excluding hydrogens is 623 g/mol. The number of rotatable bonds is 4. The molecule has 2 aliphatic heterocycles. The van der Waals surface area contributed by atoms with E-state index in [1.807, 2.05) is 12.1 Å². The van der Waals surface area contributed by atoms with E-state index in [1.165, 1.54) is 38.6 Å². The summed E-state index contributed by atoms with van der Waals surface area (Å²) in [7, 11) is 0. The minimum atomic E-state index is -0.0477. The van der Waals surface area contributed by atoms with Crippen molar-refractivity contribution >= 4 is 56.1 Å². The Morgan fingerprint density at radius 1 is 0.588 bits per heavy atom. The highest BCUT2D eigenvalue weighted by Crippen LogP contribution is 2.55. The third kappa shape index (κ3) is 4.06. The molecule has 6 aromatic carbocycles. The smallest absolute Gasteiger partial charge is 0.323 e. The predicted octanol–water partition coefficient (Wildman–Crippen LogP) is 10.7. The summed E-state index contributed by atoms with van der Waals surface area (Å²) in [6.07, 6.45) is 6.72. The van der Waals surface area contributed by atoms with E-state index >= 15 is 0 Å². The van der Waals surface area contributed by atoms with E-state index in [0.717, 1.165) is 45.3 Å². The molecule has 1 atom stereocenters. The monoisotopic (exact) mass is 652 g/mol.